The van der Waals surface area contributed by atoms with Crippen LogP contribution >= 0.6 is 0 Å². The van der Waals surface area contributed by atoms with Gasteiger partial charge < -0.3 is 10.1 Å². The normalized spacial score (nSPS) is 14.2. The number of benzene rings is 1. The summed E-state index contributed by atoms with van der Waals surface area (Å²) in [4.78, 5) is 0. The van der Waals surface area contributed by atoms with Crippen LogP contribution in [0.1, 0.15) is 26.2 Å². The van der Waals surface area contributed by atoms with Gasteiger partial charge in [-0.15, -0.1) is 0 Å². The van der Waals surface area contributed by atoms with Crippen molar-refractivity contribution < 1.29 is 17.9 Å². The molecule has 0 saturated heterocycles. The zero-order valence-corrected chi connectivity index (χ0v) is 11.4. The number of alkyl halides is 3. The van der Waals surface area contributed by atoms with Crippen molar-refractivity contribution in [3.05, 3.63) is 24.3 Å². The average molecular weight is 286 g/mol. The predicted octanol–water partition coefficient (Wildman–Crippen LogP) is 4.12. The molecular weight excluding hydrogens is 269 g/mol. The molecule has 1 aromatic carbocycles. The highest BCUT2D eigenvalue weighted by molar-refractivity contribution is 5.49. The second-order valence-corrected chi connectivity index (χ2v) is 4.77. The van der Waals surface area contributed by atoms with Crippen LogP contribution in [0.3, 0.4) is 0 Å². The summed E-state index contributed by atoms with van der Waals surface area (Å²) in [5.41, 5.74) is -0.360. The van der Waals surface area contributed by atoms with Gasteiger partial charge in [-0.25, -0.2) is 0 Å². The van der Waals surface area contributed by atoms with Gasteiger partial charge >= 0.3 is 6.18 Å². The molecule has 1 unspecified atom stereocenters. The molecule has 0 fully saturated rings. The summed E-state index contributed by atoms with van der Waals surface area (Å²) in [5, 5.41) is 12.1. The van der Waals surface area contributed by atoms with Crippen molar-refractivity contribution >= 4 is 5.69 Å². The molecule has 0 bridgehead atoms. The van der Waals surface area contributed by atoms with E-state index in [0.717, 1.165) is 0 Å². The number of anilines is 1. The fourth-order valence-corrected chi connectivity index (χ4v) is 1.78. The molecule has 1 rings (SSSR count). The number of nitriles is 1. The maximum absolute atomic E-state index is 12.1. The number of halogens is 3. The van der Waals surface area contributed by atoms with Gasteiger partial charge in [0.2, 0.25) is 0 Å². The summed E-state index contributed by atoms with van der Waals surface area (Å²) in [6.45, 7) is 1.59. The Bertz CT molecular complexity index is 465. The van der Waals surface area contributed by atoms with Gasteiger partial charge in [-0.3, -0.25) is 0 Å². The number of rotatable bonds is 6. The zero-order valence-electron chi connectivity index (χ0n) is 11.4. The molecule has 3 nitrogen and oxygen atoms in total. The van der Waals surface area contributed by atoms with Crippen molar-refractivity contribution in [1.29, 1.82) is 5.26 Å². The van der Waals surface area contributed by atoms with E-state index in [2.05, 4.69) is 5.32 Å². The van der Waals surface area contributed by atoms with E-state index in [1.54, 1.807) is 38.3 Å². The molecule has 0 aliphatic heterocycles. The number of nitrogens with zero attached hydrogens (tertiary/aromatic N) is 1. The first-order chi connectivity index (χ1) is 9.28. The highest BCUT2D eigenvalue weighted by Gasteiger charge is 2.30. The molecule has 0 saturated carbocycles. The minimum atomic E-state index is -4.18. The maximum Gasteiger partial charge on any atom is 0.389 e. The van der Waals surface area contributed by atoms with Crippen molar-refractivity contribution in [2.75, 3.05) is 12.4 Å². The van der Waals surface area contributed by atoms with E-state index in [0.29, 0.717) is 11.4 Å². The second-order valence-electron chi connectivity index (χ2n) is 4.77. The lowest BCUT2D eigenvalue weighted by atomic mass is 9.96. The van der Waals surface area contributed by atoms with Crippen LogP contribution in [0.4, 0.5) is 18.9 Å². The Morgan fingerprint density at radius 3 is 2.25 bits per heavy atom. The molecule has 0 aromatic heterocycles. The van der Waals surface area contributed by atoms with Crippen LogP contribution in [-0.4, -0.2) is 18.8 Å². The molecule has 0 aliphatic carbocycles. The van der Waals surface area contributed by atoms with Crippen molar-refractivity contribution in [1.82, 2.24) is 0 Å². The Morgan fingerprint density at radius 1 is 1.20 bits per heavy atom. The Kier molecular flexibility index (Phi) is 5.26. The highest BCUT2D eigenvalue weighted by atomic mass is 19.4. The summed E-state index contributed by atoms with van der Waals surface area (Å²) < 4.78 is 41.4. The minimum absolute atomic E-state index is 0.0866. The topological polar surface area (TPSA) is 45.0 Å². The van der Waals surface area contributed by atoms with Gasteiger partial charge in [0.05, 0.1) is 13.2 Å². The number of hydrogen-bond donors (Lipinski definition) is 1. The summed E-state index contributed by atoms with van der Waals surface area (Å²) in [5.74, 6) is 0.672. The van der Waals surface area contributed by atoms with Gasteiger partial charge in [-0.05, 0) is 44.0 Å². The third-order valence-electron chi connectivity index (χ3n) is 2.89. The third kappa shape index (κ3) is 5.39. The smallest absolute Gasteiger partial charge is 0.389 e. The van der Waals surface area contributed by atoms with E-state index in [4.69, 9.17) is 10.00 Å². The van der Waals surface area contributed by atoms with Gasteiger partial charge in [-0.2, -0.15) is 18.4 Å². The van der Waals surface area contributed by atoms with Crippen LogP contribution in [-0.2, 0) is 0 Å². The van der Waals surface area contributed by atoms with E-state index < -0.39 is 18.1 Å². The number of ether oxygens (including phenoxy) is 1. The predicted molar refractivity (Wildman–Crippen MR) is 70.5 cm³/mol. The van der Waals surface area contributed by atoms with E-state index in [1.165, 1.54) is 0 Å². The van der Waals surface area contributed by atoms with Crippen molar-refractivity contribution in [2.24, 2.45) is 0 Å². The first-order valence-corrected chi connectivity index (χ1v) is 6.18. The summed E-state index contributed by atoms with van der Waals surface area (Å²) in [7, 11) is 1.54. The Hall–Kier alpha value is -1.90. The fraction of sp³-hybridized carbons (Fsp3) is 0.500. The molecule has 20 heavy (non-hydrogen) atoms. The van der Waals surface area contributed by atoms with E-state index in [-0.39, 0.29) is 12.8 Å². The number of hydrogen-bond acceptors (Lipinski definition) is 3. The van der Waals surface area contributed by atoms with E-state index >= 15 is 0 Å². The molecule has 1 atom stereocenters. The first-order valence-electron chi connectivity index (χ1n) is 6.18. The van der Waals surface area contributed by atoms with Crippen LogP contribution in [0, 0.1) is 11.3 Å². The molecule has 6 heteroatoms. The van der Waals surface area contributed by atoms with Gasteiger partial charge in [0.1, 0.15) is 11.3 Å². The van der Waals surface area contributed by atoms with Crippen molar-refractivity contribution in [3.8, 4) is 11.8 Å². The Labute approximate surface area is 116 Å². The summed E-state index contributed by atoms with van der Waals surface area (Å²) >= 11 is 0. The highest BCUT2D eigenvalue weighted by Crippen LogP contribution is 2.27. The average Bonchev–Trinajstić information content (AvgIpc) is 2.38. The third-order valence-corrected chi connectivity index (χ3v) is 2.89. The van der Waals surface area contributed by atoms with Gasteiger partial charge in [0.25, 0.3) is 0 Å². The Morgan fingerprint density at radius 2 is 1.80 bits per heavy atom. The monoisotopic (exact) mass is 286 g/mol. The van der Waals surface area contributed by atoms with Crippen LogP contribution < -0.4 is 10.1 Å². The molecule has 0 spiro atoms. The zero-order chi connectivity index (χ0) is 15.2. The SMILES string of the molecule is COc1ccc(NC(C)(C#N)CCCC(F)(F)F)cc1. The maximum atomic E-state index is 12.1. The van der Waals surface area contributed by atoms with Gasteiger partial charge in [0.15, 0.2) is 0 Å². The molecular formula is C14H17F3N2O. The van der Waals surface area contributed by atoms with E-state index in [9.17, 15) is 13.2 Å². The van der Waals surface area contributed by atoms with Crippen LogP contribution in [0.25, 0.3) is 0 Å². The molecule has 0 radical (unpaired) electrons. The Balaban J connectivity index is 2.62. The van der Waals surface area contributed by atoms with Gasteiger partial charge in [0, 0.05) is 12.1 Å². The molecule has 0 heterocycles. The number of nitrogens with one attached hydrogen (secondary N) is 1. The standard InChI is InChI=1S/C14H17F3N2O/c1-13(10-18,8-3-9-14(15,16)17)19-11-4-6-12(20-2)7-5-11/h4-7,19H,3,8-9H2,1-2H3. The van der Waals surface area contributed by atoms with Crippen molar-refractivity contribution in [3.63, 3.8) is 0 Å². The second kappa shape index (κ2) is 6.51. The van der Waals surface area contributed by atoms with Crippen LogP contribution in [0.15, 0.2) is 24.3 Å². The van der Waals surface area contributed by atoms with Gasteiger partial charge in [-0.1, -0.05) is 0 Å². The lowest BCUT2D eigenvalue weighted by Crippen LogP contribution is -2.33. The first kappa shape index (κ1) is 16.2. The van der Waals surface area contributed by atoms with E-state index in [1.807, 2.05) is 6.07 Å². The lowest BCUT2D eigenvalue weighted by molar-refractivity contribution is -0.135. The van der Waals surface area contributed by atoms with Crippen LogP contribution in [0.5, 0.6) is 5.75 Å². The van der Waals surface area contributed by atoms with Crippen molar-refractivity contribution in [2.45, 2.75) is 37.9 Å². The molecule has 0 amide bonds. The summed E-state index contributed by atoms with van der Waals surface area (Å²) in [6, 6.07) is 8.91. The molecule has 110 valence electrons. The molecule has 1 N–H and O–H groups in total. The lowest BCUT2D eigenvalue weighted by Gasteiger charge is -2.24. The summed E-state index contributed by atoms with van der Waals surface area (Å²) in [6.07, 6.45) is -5.03. The number of methoxy groups -OCH3 is 1. The molecule has 0 aliphatic rings. The minimum Gasteiger partial charge on any atom is -0.497 e. The fourth-order valence-electron chi connectivity index (χ4n) is 1.78. The quantitative estimate of drug-likeness (QED) is 0.855. The largest absolute Gasteiger partial charge is 0.497 e. The van der Waals surface area contributed by atoms with Crippen LogP contribution in [0.2, 0.25) is 0 Å². The molecule has 1 aromatic rings.